The topological polar surface area (TPSA) is 63.3 Å². The molecular weight excluding hydrogens is 142 g/mol. The lowest BCUT2D eigenvalue weighted by Crippen LogP contribution is -2.47. The van der Waals surface area contributed by atoms with Crippen LogP contribution >= 0.6 is 0 Å². The van der Waals surface area contributed by atoms with Crippen LogP contribution in [-0.4, -0.2) is 16.6 Å². The summed E-state index contributed by atoms with van der Waals surface area (Å²) in [5, 5.41) is 9.89. The van der Waals surface area contributed by atoms with Crippen LogP contribution in [0.3, 0.4) is 0 Å². The summed E-state index contributed by atoms with van der Waals surface area (Å²) in [6.45, 7) is 0. The van der Waals surface area contributed by atoms with E-state index in [2.05, 4.69) is 0 Å². The van der Waals surface area contributed by atoms with Gasteiger partial charge in [-0.2, -0.15) is 0 Å². The quantitative estimate of drug-likeness (QED) is 0.603. The lowest BCUT2D eigenvalue weighted by atomic mass is 9.91. The van der Waals surface area contributed by atoms with Crippen molar-refractivity contribution < 1.29 is 9.90 Å². The molecule has 3 heteroatoms. The van der Waals surface area contributed by atoms with E-state index in [9.17, 15) is 9.90 Å². The first-order valence-corrected chi connectivity index (χ1v) is 4.18. The lowest BCUT2D eigenvalue weighted by Gasteiger charge is -2.23. The number of aliphatic hydroxyl groups is 1. The molecule has 3 N–H and O–H groups in total. The number of hydrogen-bond acceptors (Lipinski definition) is 2. The molecule has 2 aliphatic rings. The van der Waals surface area contributed by atoms with Crippen molar-refractivity contribution >= 4 is 5.91 Å². The van der Waals surface area contributed by atoms with Gasteiger partial charge in [-0.1, -0.05) is 0 Å². The summed E-state index contributed by atoms with van der Waals surface area (Å²) in [5.41, 5.74) is 4.03. The number of carbonyl (C=O) groups excluding carboxylic acids is 1. The van der Waals surface area contributed by atoms with Crippen LogP contribution in [0.2, 0.25) is 0 Å². The monoisotopic (exact) mass is 155 g/mol. The number of nitrogens with two attached hydrogens (primary N) is 1. The number of rotatable bonds is 3. The first kappa shape index (κ1) is 7.10. The molecule has 0 aliphatic heterocycles. The highest BCUT2D eigenvalue weighted by Gasteiger charge is 2.57. The van der Waals surface area contributed by atoms with Crippen LogP contribution in [0.25, 0.3) is 0 Å². The van der Waals surface area contributed by atoms with Gasteiger partial charge in [0, 0.05) is 0 Å². The summed E-state index contributed by atoms with van der Waals surface area (Å²) in [7, 11) is 0. The fraction of sp³-hybridized carbons (Fsp3) is 0.875. The Morgan fingerprint density at radius 1 is 1.27 bits per heavy atom. The van der Waals surface area contributed by atoms with Gasteiger partial charge < -0.3 is 10.8 Å². The molecule has 0 radical (unpaired) electrons. The molecule has 0 atom stereocenters. The van der Waals surface area contributed by atoms with Crippen molar-refractivity contribution in [2.45, 2.75) is 31.3 Å². The molecule has 0 spiro atoms. The van der Waals surface area contributed by atoms with Gasteiger partial charge >= 0.3 is 0 Å². The number of primary amides is 1. The van der Waals surface area contributed by atoms with E-state index in [0.717, 1.165) is 25.7 Å². The van der Waals surface area contributed by atoms with E-state index in [1.807, 2.05) is 0 Å². The molecule has 62 valence electrons. The molecule has 0 saturated heterocycles. The molecule has 0 aromatic carbocycles. The normalized spacial score (nSPS) is 25.2. The van der Waals surface area contributed by atoms with E-state index >= 15 is 0 Å². The van der Waals surface area contributed by atoms with Crippen LogP contribution in [0, 0.1) is 11.8 Å². The van der Waals surface area contributed by atoms with Crippen molar-refractivity contribution in [2.24, 2.45) is 17.6 Å². The predicted octanol–water partition coefficient (Wildman–Crippen LogP) is 0.0228. The fourth-order valence-corrected chi connectivity index (χ4v) is 1.78. The summed E-state index contributed by atoms with van der Waals surface area (Å²) >= 11 is 0. The molecule has 0 unspecified atom stereocenters. The van der Waals surface area contributed by atoms with Crippen LogP contribution < -0.4 is 5.73 Å². The van der Waals surface area contributed by atoms with Crippen LogP contribution in [0.4, 0.5) is 0 Å². The van der Waals surface area contributed by atoms with E-state index < -0.39 is 11.5 Å². The van der Waals surface area contributed by atoms with E-state index in [4.69, 9.17) is 5.73 Å². The molecule has 0 bridgehead atoms. The van der Waals surface area contributed by atoms with Gasteiger partial charge in [0.25, 0.3) is 0 Å². The predicted molar refractivity (Wildman–Crippen MR) is 39.6 cm³/mol. The zero-order valence-corrected chi connectivity index (χ0v) is 6.42. The SMILES string of the molecule is NC(=O)C(O)(C1CC1)C1CC1. The largest absolute Gasteiger partial charge is 0.379 e. The lowest BCUT2D eigenvalue weighted by molar-refractivity contribution is -0.141. The zero-order chi connectivity index (χ0) is 8.06. The first-order valence-electron chi connectivity index (χ1n) is 4.18. The number of amides is 1. The Morgan fingerprint density at radius 2 is 1.64 bits per heavy atom. The third kappa shape index (κ3) is 0.948. The Bertz CT molecular complexity index is 182. The average Bonchev–Trinajstić information content (AvgIpc) is 2.79. The van der Waals surface area contributed by atoms with Gasteiger partial charge in [0.2, 0.25) is 5.91 Å². The summed E-state index contributed by atoms with van der Waals surface area (Å²) < 4.78 is 0. The van der Waals surface area contributed by atoms with Crippen LogP contribution in [0.1, 0.15) is 25.7 Å². The second kappa shape index (κ2) is 1.97. The fourth-order valence-electron chi connectivity index (χ4n) is 1.78. The standard InChI is InChI=1S/C8H13NO2/c9-7(10)8(11,5-1-2-5)6-3-4-6/h5-6,11H,1-4H2,(H2,9,10). The highest BCUT2D eigenvalue weighted by molar-refractivity contribution is 5.84. The minimum Gasteiger partial charge on any atom is -0.379 e. The molecular formula is C8H13NO2. The van der Waals surface area contributed by atoms with Crippen LogP contribution in [0.15, 0.2) is 0 Å². The second-order valence-electron chi connectivity index (χ2n) is 3.74. The van der Waals surface area contributed by atoms with E-state index in [-0.39, 0.29) is 11.8 Å². The van der Waals surface area contributed by atoms with Gasteiger partial charge in [-0.15, -0.1) is 0 Å². The number of carbonyl (C=O) groups is 1. The molecule has 0 heterocycles. The average molecular weight is 155 g/mol. The zero-order valence-electron chi connectivity index (χ0n) is 6.42. The summed E-state index contributed by atoms with van der Waals surface area (Å²) in [6, 6.07) is 0. The minimum absolute atomic E-state index is 0.174. The van der Waals surface area contributed by atoms with Gasteiger partial charge in [0.15, 0.2) is 0 Å². The van der Waals surface area contributed by atoms with E-state index in [0.29, 0.717) is 0 Å². The van der Waals surface area contributed by atoms with Crippen molar-refractivity contribution in [3.63, 3.8) is 0 Å². The van der Waals surface area contributed by atoms with Crippen molar-refractivity contribution in [2.75, 3.05) is 0 Å². The molecule has 2 fully saturated rings. The summed E-state index contributed by atoms with van der Waals surface area (Å²) in [5.74, 6) is -0.164. The maximum atomic E-state index is 11.0. The maximum absolute atomic E-state index is 11.0. The number of hydrogen-bond donors (Lipinski definition) is 2. The highest BCUT2D eigenvalue weighted by Crippen LogP contribution is 2.51. The Hall–Kier alpha value is -0.570. The smallest absolute Gasteiger partial charge is 0.249 e. The van der Waals surface area contributed by atoms with Gasteiger partial charge in [-0.25, -0.2) is 0 Å². The van der Waals surface area contributed by atoms with Crippen molar-refractivity contribution in [3.8, 4) is 0 Å². The molecule has 1 amide bonds. The van der Waals surface area contributed by atoms with Crippen LogP contribution in [0.5, 0.6) is 0 Å². The Balaban J connectivity index is 2.16. The summed E-state index contributed by atoms with van der Waals surface area (Å²) in [6.07, 6.45) is 3.87. The van der Waals surface area contributed by atoms with E-state index in [1.54, 1.807) is 0 Å². The van der Waals surface area contributed by atoms with Gasteiger partial charge in [0.1, 0.15) is 5.60 Å². The maximum Gasteiger partial charge on any atom is 0.249 e. The molecule has 0 aromatic rings. The third-order valence-electron chi connectivity index (χ3n) is 2.79. The minimum atomic E-state index is -1.14. The molecule has 2 rings (SSSR count). The Labute approximate surface area is 65.6 Å². The molecule has 2 aliphatic carbocycles. The van der Waals surface area contributed by atoms with Gasteiger partial charge in [-0.05, 0) is 37.5 Å². The summed E-state index contributed by atoms with van der Waals surface area (Å²) in [4.78, 5) is 11.0. The first-order chi connectivity index (χ1) is 5.15. The van der Waals surface area contributed by atoms with E-state index in [1.165, 1.54) is 0 Å². The van der Waals surface area contributed by atoms with Crippen LogP contribution in [-0.2, 0) is 4.79 Å². The molecule has 2 saturated carbocycles. The second-order valence-corrected chi connectivity index (χ2v) is 3.74. The van der Waals surface area contributed by atoms with Gasteiger partial charge in [0.05, 0.1) is 0 Å². The Morgan fingerprint density at radius 3 is 1.82 bits per heavy atom. The molecule has 11 heavy (non-hydrogen) atoms. The van der Waals surface area contributed by atoms with Gasteiger partial charge in [-0.3, -0.25) is 4.79 Å². The Kier molecular flexibility index (Phi) is 1.27. The van der Waals surface area contributed by atoms with Crippen molar-refractivity contribution in [1.82, 2.24) is 0 Å². The van der Waals surface area contributed by atoms with Crippen molar-refractivity contribution in [3.05, 3.63) is 0 Å². The molecule has 0 aromatic heterocycles. The highest BCUT2D eigenvalue weighted by atomic mass is 16.3. The third-order valence-corrected chi connectivity index (χ3v) is 2.79. The van der Waals surface area contributed by atoms with Crippen molar-refractivity contribution in [1.29, 1.82) is 0 Å². The molecule has 3 nitrogen and oxygen atoms in total.